The number of aliphatic hydroxyl groups excluding tert-OH is 24. The molecular weight excluding hydrogens is 1230 g/mol. The molecule has 40 heteroatoms. The highest BCUT2D eigenvalue weighted by Gasteiger charge is 2.60. The van der Waals surface area contributed by atoms with Gasteiger partial charge in [0.2, 0.25) is 0 Å². The zero-order chi connectivity index (χ0) is 64.1. The van der Waals surface area contributed by atoms with E-state index in [-0.39, 0.29) is 0 Å². The van der Waals surface area contributed by atoms with Crippen LogP contribution in [0.3, 0.4) is 0 Å². The third kappa shape index (κ3) is 14.1. The van der Waals surface area contributed by atoms with Gasteiger partial charge in [0.25, 0.3) is 0 Å². The maximum absolute atomic E-state index is 11.8. The minimum Gasteiger partial charge on any atom is -0.394 e. The first kappa shape index (κ1) is 71.1. The Morgan fingerprint density at radius 3 is 0.580 bits per heavy atom. The summed E-state index contributed by atoms with van der Waals surface area (Å²) in [4.78, 5) is 0. The second-order valence-electron chi connectivity index (χ2n) is 22.5. The molecule has 88 heavy (non-hydrogen) atoms. The first-order valence-electron chi connectivity index (χ1n) is 28.1. The molecule has 0 unspecified atom stereocenters. The zero-order valence-corrected chi connectivity index (χ0v) is 46.8. The van der Waals surface area contributed by atoms with Crippen molar-refractivity contribution >= 4 is 11.8 Å². The molecule has 0 amide bonds. The van der Waals surface area contributed by atoms with E-state index in [1.165, 1.54) is 0 Å². The molecule has 22 aliphatic rings. The largest absolute Gasteiger partial charge is 0.394 e. The van der Waals surface area contributed by atoms with E-state index in [2.05, 4.69) is 0 Å². The average Bonchev–Trinajstić information content (AvgIpc) is 2.18. The molecule has 0 saturated carbocycles. The monoisotopic (exact) mass is 1310 g/mol. The second kappa shape index (κ2) is 30.3. The third-order valence-corrected chi connectivity index (χ3v) is 18.1. The van der Waals surface area contributed by atoms with Gasteiger partial charge < -0.3 is 194 Å². The number of hydrogen-bond donors (Lipinski definition) is 24. The predicted molar refractivity (Wildman–Crippen MR) is 268 cm³/mol. The van der Waals surface area contributed by atoms with Crippen molar-refractivity contribution in [2.75, 3.05) is 52.0 Å². The lowest BCUT2D eigenvalue weighted by Gasteiger charge is -2.50. The van der Waals surface area contributed by atoms with Gasteiger partial charge in [0, 0.05) is 5.75 Å². The average molecular weight is 1310 g/mol. The molecule has 0 aromatic heterocycles. The fraction of sp³-hybridized carbons (Fsp3) is 1.00. The lowest BCUT2D eigenvalue weighted by atomic mass is 9.95. The van der Waals surface area contributed by atoms with Crippen molar-refractivity contribution in [3.05, 3.63) is 0 Å². The van der Waals surface area contributed by atoms with Crippen LogP contribution in [0, 0.1) is 0 Å². The van der Waals surface area contributed by atoms with E-state index in [4.69, 9.17) is 71.1 Å². The molecule has 22 aliphatic heterocycles. The van der Waals surface area contributed by atoms with Gasteiger partial charge in [-0.05, 0) is 0 Å². The molecule has 22 fully saturated rings. The van der Waals surface area contributed by atoms with Crippen molar-refractivity contribution in [1.82, 2.24) is 0 Å². The Hall–Kier alpha value is -1.21. The summed E-state index contributed by atoms with van der Waals surface area (Å²) < 4.78 is 86.5. The molecule has 0 aromatic carbocycles. The zero-order valence-electron chi connectivity index (χ0n) is 46.0. The molecule has 22 saturated heterocycles. The van der Waals surface area contributed by atoms with E-state index in [1.807, 2.05) is 0 Å². The molecule has 0 aliphatic carbocycles. The minimum absolute atomic E-state index is 0.572. The Labute approximate surface area is 501 Å². The number of hydrogen-bond acceptors (Lipinski definition) is 40. The molecule has 14 bridgehead atoms. The van der Waals surface area contributed by atoms with Gasteiger partial charge in [-0.2, -0.15) is 0 Å². The molecule has 512 valence electrons. The van der Waals surface area contributed by atoms with Gasteiger partial charge in [-0.25, -0.2) is 0 Å². The van der Waals surface area contributed by atoms with Gasteiger partial charge in [0.15, 0.2) is 44.0 Å². The van der Waals surface area contributed by atoms with Gasteiger partial charge in [-0.1, -0.05) is 0 Å². The fourth-order valence-electron chi connectivity index (χ4n) is 11.8. The van der Waals surface area contributed by atoms with Gasteiger partial charge in [0.1, 0.15) is 195 Å². The first-order valence-corrected chi connectivity index (χ1v) is 29.2. The van der Waals surface area contributed by atoms with E-state index in [1.54, 1.807) is 0 Å². The molecule has 0 radical (unpaired) electrons. The summed E-state index contributed by atoms with van der Waals surface area (Å²) in [5, 5.41) is 265. The normalized spacial score (nSPS) is 55.2. The van der Waals surface area contributed by atoms with Crippen LogP contribution in [0.2, 0.25) is 0 Å². The van der Waals surface area contributed by atoms with Gasteiger partial charge in [-0.15, -0.1) is 11.8 Å². The van der Waals surface area contributed by atoms with Gasteiger partial charge >= 0.3 is 0 Å². The molecule has 0 spiro atoms. The second-order valence-corrected chi connectivity index (χ2v) is 23.6. The van der Waals surface area contributed by atoms with Crippen molar-refractivity contribution in [2.24, 2.45) is 0 Å². The highest BCUT2D eigenvalue weighted by Crippen LogP contribution is 2.40. The molecule has 0 aromatic rings. The van der Waals surface area contributed by atoms with Crippen LogP contribution in [-0.4, -0.2) is 419 Å². The van der Waals surface area contributed by atoms with Crippen molar-refractivity contribution in [1.29, 1.82) is 0 Å². The summed E-state index contributed by atoms with van der Waals surface area (Å²) in [6.45, 7) is -7.38. The molecule has 22 heterocycles. The quantitative estimate of drug-likeness (QED) is 0.0966. The third-order valence-electron chi connectivity index (χ3n) is 16.9. The van der Waals surface area contributed by atoms with Gasteiger partial charge in [-0.3, -0.25) is 0 Å². The summed E-state index contributed by atoms with van der Waals surface area (Å²) in [6.07, 6.45) is -79.3. The van der Waals surface area contributed by atoms with Crippen LogP contribution >= 0.6 is 11.8 Å². The summed E-state index contributed by atoms with van der Waals surface area (Å²) in [7, 11) is 0. The topological polar surface area (TPSA) is 624 Å². The molecule has 39 nitrogen and oxygen atoms in total. The maximum Gasteiger partial charge on any atom is 0.187 e. The number of aliphatic hydroxyl groups is 24. The van der Waals surface area contributed by atoms with E-state index in [9.17, 15) is 123 Å². The number of ether oxygens (including phenoxy) is 15. The Balaban J connectivity index is 1.02. The molecule has 22 rings (SSSR count). The van der Waals surface area contributed by atoms with Crippen molar-refractivity contribution in [3.63, 3.8) is 0 Å². The molecular formula is C48H80O39S. The first-order chi connectivity index (χ1) is 41.9. The lowest BCUT2D eigenvalue weighted by molar-refractivity contribution is -0.396. The Bertz CT molecular complexity index is 2140. The smallest absolute Gasteiger partial charge is 0.187 e. The summed E-state index contributed by atoms with van der Waals surface area (Å²) in [5.41, 5.74) is -1.51. The van der Waals surface area contributed by atoms with Crippen molar-refractivity contribution in [3.8, 4) is 0 Å². The highest BCUT2D eigenvalue weighted by molar-refractivity contribution is 7.99. The fourth-order valence-corrected chi connectivity index (χ4v) is 13.0. The SMILES string of the molecule is OC[C@@H]1O[C@@H](SC[C@@H]2O[C@@H]3O[C@H]4[C@H](O)[C@H](O)[C@@H](O[C@H]5[C@H](O)[C@H](O)[C@@H](O[C@H]6[C@H](O)[C@H](O)[C@@H](O[C@H]7[C@H](O)[C@H](O)[C@@H](O[C@H]8[C@H](O)[C@H](O)[C@@H](O[C@H]9[C@H](O)[C@H](O)[C@@H](O[C@H]2[C@H](O)[C@@H]3O)O[C@H]9CO)O[C@H]8CO)O[C@H]7CO)O[C@H]6CO)O[C@H]5CO)O[C@H]4CO)[C@@H](O)[C@@H](O)[C@@H]1O. The van der Waals surface area contributed by atoms with E-state index >= 15 is 0 Å². The van der Waals surface area contributed by atoms with E-state index in [0.717, 1.165) is 0 Å². The van der Waals surface area contributed by atoms with Crippen LogP contribution in [0.5, 0.6) is 0 Å². The highest BCUT2D eigenvalue weighted by atomic mass is 32.2. The van der Waals surface area contributed by atoms with Crippen LogP contribution in [-0.2, 0) is 71.1 Å². The van der Waals surface area contributed by atoms with Gasteiger partial charge in [0.05, 0.1) is 52.4 Å². The maximum atomic E-state index is 11.8. The van der Waals surface area contributed by atoms with Crippen molar-refractivity contribution in [2.45, 2.75) is 245 Å². The summed E-state index contributed by atoms with van der Waals surface area (Å²) in [5.74, 6) is -0.572. The standard InChI is InChI=1S/C48H80O39S/c49-1-9-17(56)18(57)33(72)48(80-9)88-8-16-40-25(64)32(71)47(79-16)86-39-15(7-55)77-45(30(69)23(39)62)84-37-13(5-53)75-43(28(67)21(37)60)82-35-11(3-51)73-41(26(65)19(35)58)81-34-10(2-50)74-42(27(66)20(34)59)83-36-12(4-52)76-44(29(68)22(36)61)85-38-14(6-54)78-46(87-40)31(70)24(38)63/h9-72H,1-8H2/t9-,10-,11-,12-,13-,14-,15-,16-,17+,18-,19+,20+,21+,22+,23+,24+,25+,26-,27-,28-,29-,30-,31-,32-,33-,34+,35+,36+,37+,38+,39+,40+,41+,42+,43+,44+,45+,46+,47+,48-/m0/s1. The predicted octanol–water partition coefficient (Wildman–Crippen LogP) is -16.7. The van der Waals surface area contributed by atoms with Crippen LogP contribution in [0.1, 0.15) is 0 Å². The Kier molecular flexibility index (Phi) is 24.4. The van der Waals surface area contributed by atoms with Crippen LogP contribution < -0.4 is 0 Å². The number of thioether (sulfide) groups is 1. The van der Waals surface area contributed by atoms with Crippen LogP contribution in [0.25, 0.3) is 0 Å². The number of rotatable bonds is 10. The minimum atomic E-state index is -2.31. The van der Waals surface area contributed by atoms with Crippen LogP contribution in [0.4, 0.5) is 0 Å². The van der Waals surface area contributed by atoms with Crippen molar-refractivity contribution < 1.29 is 194 Å². The molecule has 40 atom stereocenters. The van der Waals surface area contributed by atoms with E-state index < -0.39 is 297 Å². The van der Waals surface area contributed by atoms with Crippen LogP contribution in [0.15, 0.2) is 0 Å². The molecule has 24 N–H and O–H groups in total. The summed E-state index contributed by atoms with van der Waals surface area (Å²) >= 11 is 0.598. The summed E-state index contributed by atoms with van der Waals surface area (Å²) in [6, 6.07) is 0. The Morgan fingerprint density at radius 2 is 0.375 bits per heavy atom. The van der Waals surface area contributed by atoms with E-state index in [0.29, 0.717) is 11.8 Å². The Morgan fingerprint density at radius 1 is 0.182 bits per heavy atom. The lowest BCUT2D eigenvalue weighted by Crippen LogP contribution is -2.68.